The zero-order valence-corrected chi connectivity index (χ0v) is 20.0. The fraction of sp³-hybridized carbons (Fsp3) is 0.538. The Kier molecular flexibility index (Phi) is 5.40. The van der Waals surface area contributed by atoms with Gasteiger partial charge >= 0.3 is 0 Å². The Morgan fingerprint density at radius 3 is 2.86 bits per heavy atom. The van der Waals surface area contributed by atoms with Crippen LogP contribution in [-0.2, 0) is 26.3 Å². The van der Waals surface area contributed by atoms with Gasteiger partial charge in [0.2, 0.25) is 11.8 Å². The molecule has 3 amide bonds. The second-order valence-corrected chi connectivity index (χ2v) is 10.2. The molecule has 0 radical (unpaired) electrons. The highest BCUT2D eigenvalue weighted by molar-refractivity contribution is 6.11. The van der Waals surface area contributed by atoms with Gasteiger partial charge in [-0.1, -0.05) is 23.4 Å². The van der Waals surface area contributed by atoms with E-state index in [1.165, 1.54) is 0 Å². The predicted octanol–water partition coefficient (Wildman–Crippen LogP) is 1.60. The lowest BCUT2D eigenvalue weighted by Crippen LogP contribution is -2.57. The van der Waals surface area contributed by atoms with E-state index in [1.807, 2.05) is 36.1 Å². The Balaban J connectivity index is 1.35. The summed E-state index contributed by atoms with van der Waals surface area (Å²) >= 11 is 0. The molecule has 4 aliphatic rings. The molecule has 184 valence electrons. The van der Waals surface area contributed by atoms with Crippen LogP contribution in [0.25, 0.3) is 0 Å². The molecule has 0 unspecified atom stereocenters. The van der Waals surface area contributed by atoms with Gasteiger partial charge in [0.1, 0.15) is 11.3 Å². The number of carbonyl (C=O) groups excluding carboxylic acids is 3. The standard InChI is InChI=1S/C26H31N5O4/c1-17-14-19(35-28-17)16-23(32)29-10-5-9-27-24(33)21-15-18-6-4-11-31(18)26(21)20-7-2-3-8-22(20)30(13-12-29)25(26)34/h2-3,7-8,14,18,21H,4-6,9-13,15-16H2,1H3,(H,27,33)/t18-,21-,26+/m0/s1. The lowest BCUT2D eigenvalue weighted by molar-refractivity contribution is -0.139. The van der Waals surface area contributed by atoms with Crippen molar-refractivity contribution in [3.63, 3.8) is 0 Å². The molecule has 3 fully saturated rings. The molecule has 35 heavy (non-hydrogen) atoms. The molecule has 1 aromatic carbocycles. The summed E-state index contributed by atoms with van der Waals surface area (Å²) in [6.45, 7) is 4.44. The van der Waals surface area contributed by atoms with Gasteiger partial charge in [0.25, 0.3) is 5.91 Å². The average Bonchev–Trinajstić information content (AvgIpc) is 3.59. The summed E-state index contributed by atoms with van der Waals surface area (Å²) in [7, 11) is 0. The molecule has 6 rings (SSSR count). The van der Waals surface area contributed by atoms with E-state index in [2.05, 4.69) is 15.4 Å². The highest BCUT2D eigenvalue weighted by Crippen LogP contribution is 2.56. The molecule has 3 saturated heterocycles. The normalized spacial score (nSPS) is 28.7. The highest BCUT2D eigenvalue weighted by atomic mass is 16.5. The molecule has 9 heteroatoms. The van der Waals surface area contributed by atoms with Crippen LogP contribution in [0.1, 0.15) is 42.7 Å². The number of hydrogen-bond donors (Lipinski definition) is 1. The van der Waals surface area contributed by atoms with E-state index in [1.54, 1.807) is 11.0 Å². The van der Waals surface area contributed by atoms with E-state index in [-0.39, 0.29) is 30.2 Å². The summed E-state index contributed by atoms with van der Waals surface area (Å²) < 4.78 is 5.25. The fourth-order valence-electron chi connectivity index (χ4n) is 6.73. The van der Waals surface area contributed by atoms with E-state index in [4.69, 9.17) is 4.52 Å². The molecule has 2 bridgehead atoms. The second kappa shape index (κ2) is 8.48. The van der Waals surface area contributed by atoms with Gasteiger partial charge in [0.05, 0.1) is 18.0 Å². The number of anilines is 1. The van der Waals surface area contributed by atoms with Crippen LogP contribution < -0.4 is 10.2 Å². The summed E-state index contributed by atoms with van der Waals surface area (Å²) in [4.78, 5) is 46.9. The van der Waals surface area contributed by atoms with Gasteiger partial charge in [-0.15, -0.1) is 0 Å². The molecule has 1 aromatic heterocycles. The summed E-state index contributed by atoms with van der Waals surface area (Å²) in [5.41, 5.74) is 1.58. The maximum absolute atomic E-state index is 14.3. The van der Waals surface area contributed by atoms with Gasteiger partial charge in [0, 0.05) is 49.5 Å². The van der Waals surface area contributed by atoms with E-state index in [0.29, 0.717) is 44.8 Å². The average molecular weight is 478 g/mol. The van der Waals surface area contributed by atoms with Crippen molar-refractivity contribution < 1.29 is 18.9 Å². The van der Waals surface area contributed by atoms with Crippen LogP contribution in [0.3, 0.4) is 0 Å². The van der Waals surface area contributed by atoms with Crippen LogP contribution in [0.4, 0.5) is 5.69 Å². The molecule has 2 aromatic rings. The van der Waals surface area contributed by atoms with Crippen molar-refractivity contribution in [1.82, 2.24) is 20.3 Å². The lowest BCUT2D eigenvalue weighted by Gasteiger charge is -2.37. The zero-order chi connectivity index (χ0) is 24.2. The van der Waals surface area contributed by atoms with Gasteiger partial charge in [-0.2, -0.15) is 0 Å². The first-order valence-electron chi connectivity index (χ1n) is 12.7. The largest absolute Gasteiger partial charge is 0.361 e. The number of carbonyl (C=O) groups is 3. The number of nitrogens with zero attached hydrogens (tertiary/aromatic N) is 4. The van der Waals surface area contributed by atoms with Crippen molar-refractivity contribution >= 4 is 23.4 Å². The molecular formula is C26H31N5O4. The monoisotopic (exact) mass is 477 g/mol. The second-order valence-electron chi connectivity index (χ2n) is 10.2. The first-order valence-corrected chi connectivity index (χ1v) is 12.7. The van der Waals surface area contributed by atoms with Crippen LogP contribution in [0.5, 0.6) is 0 Å². The highest BCUT2D eigenvalue weighted by Gasteiger charge is 2.67. The number of fused-ring (bicyclic) bond motifs is 4. The molecule has 1 spiro atoms. The molecule has 0 saturated carbocycles. The van der Waals surface area contributed by atoms with Gasteiger partial charge in [-0.3, -0.25) is 19.3 Å². The minimum absolute atomic E-state index is 0.0259. The summed E-state index contributed by atoms with van der Waals surface area (Å²) in [5, 5.41) is 6.98. The van der Waals surface area contributed by atoms with Crippen molar-refractivity contribution in [3.8, 4) is 0 Å². The smallest absolute Gasteiger partial charge is 0.253 e. The topological polar surface area (TPSA) is 99.0 Å². The Morgan fingerprint density at radius 1 is 1.17 bits per heavy atom. The SMILES string of the molecule is Cc1cc(CC(=O)N2CCCNC(=O)[C@@H]3C[C@@H]4CCCN4[C@@]34C(=O)N(CC2)c2ccccc24)on1. The summed E-state index contributed by atoms with van der Waals surface area (Å²) in [6, 6.07) is 9.91. The molecule has 1 N–H and O–H groups in total. The third kappa shape index (κ3) is 3.39. The van der Waals surface area contributed by atoms with E-state index in [0.717, 1.165) is 36.3 Å². The molecule has 9 nitrogen and oxygen atoms in total. The molecule has 4 aliphatic heterocycles. The van der Waals surface area contributed by atoms with Crippen LogP contribution in [0.2, 0.25) is 0 Å². The summed E-state index contributed by atoms with van der Waals surface area (Å²) in [6.07, 6.45) is 3.55. The molecule has 5 heterocycles. The minimum atomic E-state index is -0.951. The quantitative estimate of drug-likeness (QED) is 0.706. The van der Waals surface area contributed by atoms with Gasteiger partial charge < -0.3 is 19.6 Å². The zero-order valence-electron chi connectivity index (χ0n) is 20.0. The number of benzene rings is 1. The number of aryl methyl sites for hydroxylation is 1. The van der Waals surface area contributed by atoms with Crippen molar-refractivity contribution in [2.45, 2.75) is 50.6 Å². The van der Waals surface area contributed by atoms with Crippen molar-refractivity contribution in [2.24, 2.45) is 5.92 Å². The Bertz CT molecular complexity index is 1180. The van der Waals surface area contributed by atoms with Crippen LogP contribution in [0, 0.1) is 12.8 Å². The van der Waals surface area contributed by atoms with Crippen LogP contribution >= 0.6 is 0 Å². The van der Waals surface area contributed by atoms with Crippen LogP contribution in [-0.4, -0.2) is 71.4 Å². The van der Waals surface area contributed by atoms with E-state index < -0.39 is 11.5 Å². The minimum Gasteiger partial charge on any atom is -0.361 e. The number of hydrogen-bond acceptors (Lipinski definition) is 6. The number of amides is 3. The van der Waals surface area contributed by atoms with E-state index >= 15 is 0 Å². The Labute approximate surface area is 204 Å². The summed E-state index contributed by atoms with van der Waals surface area (Å²) in [5.74, 6) is -0.0276. The molecule has 3 atom stereocenters. The molecule has 0 aliphatic carbocycles. The number of aromatic nitrogens is 1. The van der Waals surface area contributed by atoms with Crippen molar-refractivity contribution in [2.75, 3.05) is 37.6 Å². The number of nitrogens with one attached hydrogen (secondary N) is 1. The Hall–Kier alpha value is -3.20. The fourth-order valence-corrected chi connectivity index (χ4v) is 6.73. The first-order chi connectivity index (χ1) is 17.0. The predicted molar refractivity (Wildman–Crippen MR) is 127 cm³/mol. The van der Waals surface area contributed by atoms with Crippen molar-refractivity contribution in [3.05, 3.63) is 47.3 Å². The maximum Gasteiger partial charge on any atom is 0.253 e. The third-order valence-corrected chi connectivity index (χ3v) is 8.19. The Morgan fingerprint density at radius 2 is 2.03 bits per heavy atom. The maximum atomic E-state index is 14.3. The third-order valence-electron chi connectivity index (χ3n) is 8.19. The van der Waals surface area contributed by atoms with E-state index in [9.17, 15) is 14.4 Å². The molecular weight excluding hydrogens is 446 g/mol. The van der Waals surface area contributed by atoms with Gasteiger partial charge in [0.15, 0.2) is 0 Å². The lowest BCUT2D eigenvalue weighted by atomic mass is 9.78. The van der Waals surface area contributed by atoms with Crippen LogP contribution in [0.15, 0.2) is 34.9 Å². The number of rotatable bonds is 2. The first kappa shape index (κ1) is 22.3. The van der Waals surface area contributed by atoms with Gasteiger partial charge in [-0.25, -0.2) is 0 Å². The number of para-hydroxylation sites is 1. The van der Waals surface area contributed by atoms with Gasteiger partial charge in [-0.05, 0) is 45.2 Å². The van der Waals surface area contributed by atoms with Crippen molar-refractivity contribution in [1.29, 1.82) is 0 Å².